The van der Waals surface area contributed by atoms with Crippen molar-refractivity contribution in [1.82, 2.24) is 5.32 Å². The van der Waals surface area contributed by atoms with Crippen LogP contribution in [0.1, 0.15) is 18.6 Å². The number of rotatable bonds is 3. The quantitative estimate of drug-likeness (QED) is 0.786. The zero-order valence-electron chi connectivity index (χ0n) is 8.90. The number of aliphatic hydroxyl groups is 1. The van der Waals surface area contributed by atoms with Crippen LogP contribution in [0.4, 0.5) is 0 Å². The molecule has 0 aliphatic carbocycles. The average molecular weight is 223 g/mol. The summed E-state index contributed by atoms with van der Waals surface area (Å²) in [5.74, 6) is 1.13. The summed E-state index contributed by atoms with van der Waals surface area (Å²) in [5.41, 5.74) is 0.693. The normalized spacial score (nSPS) is 14.6. The van der Waals surface area contributed by atoms with Crippen LogP contribution in [0, 0.1) is 0 Å². The summed E-state index contributed by atoms with van der Waals surface area (Å²) in [4.78, 5) is 10.7. The molecule has 1 atom stereocenters. The van der Waals surface area contributed by atoms with Crippen molar-refractivity contribution in [2.24, 2.45) is 0 Å². The number of benzene rings is 1. The molecule has 16 heavy (non-hydrogen) atoms. The molecule has 1 unspecified atom stereocenters. The molecule has 1 aromatic rings. The molecule has 1 aromatic carbocycles. The molecule has 2 N–H and O–H groups in total. The van der Waals surface area contributed by atoms with E-state index < -0.39 is 6.10 Å². The highest BCUT2D eigenvalue weighted by molar-refractivity contribution is 5.72. The van der Waals surface area contributed by atoms with Crippen molar-refractivity contribution in [3.05, 3.63) is 23.8 Å². The molecule has 0 saturated heterocycles. The Labute approximate surface area is 93.0 Å². The minimum atomic E-state index is -0.738. The Morgan fingerprint density at radius 3 is 3.00 bits per heavy atom. The smallest absolute Gasteiger partial charge is 0.231 e. The van der Waals surface area contributed by atoms with Crippen LogP contribution < -0.4 is 14.8 Å². The third kappa shape index (κ3) is 2.25. The Kier molecular flexibility index (Phi) is 2.96. The standard InChI is InChI=1S/C11H13NO4/c1-7(13)12-5-9(14)8-2-3-10-11(4-8)16-6-15-10/h2-4,9,14H,5-6H2,1H3,(H,12,13). The van der Waals surface area contributed by atoms with Crippen LogP contribution in [0.5, 0.6) is 11.5 Å². The van der Waals surface area contributed by atoms with Crippen molar-refractivity contribution < 1.29 is 19.4 Å². The largest absolute Gasteiger partial charge is 0.454 e. The number of aliphatic hydroxyl groups excluding tert-OH is 1. The van der Waals surface area contributed by atoms with Crippen LogP contribution in [0.25, 0.3) is 0 Å². The van der Waals surface area contributed by atoms with Gasteiger partial charge in [0.25, 0.3) is 0 Å². The van der Waals surface area contributed by atoms with Crippen LogP contribution in [0.2, 0.25) is 0 Å². The Hall–Kier alpha value is -1.75. The topological polar surface area (TPSA) is 67.8 Å². The molecule has 1 amide bonds. The van der Waals surface area contributed by atoms with Crippen LogP contribution in [-0.4, -0.2) is 24.4 Å². The van der Waals surface area contributed by atoms with Crippen LogP contribution in [0.3, 0.4) is 0 Å². The van der Waals surface area contributed by atoms with E-state index in [0.717, 1.165) is 0 Å². The molecule has 86 valence electrons. The Bertz CT molecular complexity index is 405. The maximum absolute atomic E-state index is 10.7. The molecular formula is C11H13NO4. The maximum Gasteiger partial charge on any atom is 0.231 e. The van der Waals surface area contributed by atoms with Gasteiger partial charge in [-0.05, 0) is 17.7 Å². The van der Waals surface area contributed by atoms with Gasteiger partial charge in [-0.2, -0.15) is 0 Å². The molecule has 1 aliphatic heterocycles. The minimum absolute atomic E-state index is 0.167. The number of amides is 1. The monoisotopic (exact) mass is 223 g/mol. The highest BCUT2D eigenvalue weighted by atomic mass is 16.7. The highest BCUT2D eigenvalue weighted by Gasteiger charge is 2.16. The number of ether oxygens (including phenoxy) is 2. The van der Waals surface area contributed by atoms with Gasteiger partial charge in [0.1, 0.15) is 0 Å². The van der Waals surface area contributed by atoms with Crippen molar-refractivity contribution in [2.75, 3.05) is 13.3 Å². The number of hydrogen-bond donors (Lipinski definition) is 2. The van der Waals surface area contributed by atoms with Crippen molar-refractivity contribution in [2.45, 2.75) is 13.0 Å². The minimum Gasteiger partial charge on any atom is -0.454 e. The lowest BCUT2D eigenvalue weighted by molar-refractivity contribution is -0.119. The van der Waals surface area contributed by atoms with Crippen molar-refractivity contribution in [3.8, 4) is 11.5 Å². The fourth-order valence-electron chi connectivity index (χ4n) is 1.48. The van der Waals surface area contributed by atoms with Gasteiger partial charge in [0.2, 0.25) is 12.7 Å². The lowest BCUT2D eigenvalue weighted by Gasteiger charge is -2.11. The van der Waals surface area contributed by atoms with Gasteiger partial charge < -0.3 is 19.9 Å². The van der Waals surface area contributed by atoms with E-state index in [9.17, 15) is 9.90 Å². The van der Waals surface area contributed by atoms with E-state index in [1.807, 2.05) is 0 Å². The molecule has 5 nitrogen and oxygen atoms in total. The molecule has 1 aliphatic rings. The van der Waals surface area contributed by atoms with E-state index in [4.69, 9.17) is 9.47 Å². The lowest BCUT2D eigenvalue weighted by Crippen LogP contribution is -2.25. The maximum atomic E-state index is 10.7. The first-order valence-corrected chi connectivity index (χ1v) is 4.99. The SMILES string of the molecule is CC(=O)NCC(O)c1ccc2c(c1)OCO2. The zero-order chi connectivity index (χ0) is 11.5. The van der Waals surface area contributed by atoms with Gasteiger partial charge in [0.15, 0.2) is 11.5 Å². The predicted molar refractivity (Wildman–Crippen MR) is 56.2 cm³/mol. The Balaban J connectivity index is 2.06. The highest BCUT2D eigenvalue weighted by Crippen LogP contribution is 2.33. The first kappa shape index (κ1) is 10.8. The molecule has 0 bridgehead atoms. The molecule has 1 heterocycles. The van der Waals surface area contributed by atoms with E-state index in [2.05, 4.69) is 5.32 Å². The van der Waals surface area contributed by atoms with Gasteiger partial charge in [-0.1, -0.05) is 6.07 Å². The molecule has 0 fully saturated rings. The molecule has 0 aromatic heterocycles. The lowest BCUT2D eigenvalue weighted by atomic mass is 10.1. The summed E-state index contributed by atoms with van der Waals surface area (Å²) in [5, 5.41) is 12.3. The van der Waals surface area contributed by atoms with E-state index in [1.165, 1.54) is 6.92 Å². The second-order valence-corrected chi connectivity index (χ2v) is 3.57. The Morgan fingerprint density at radius 2 is 2.25 bits per heavy atom. The summed E-state index contributed by atoms with van der Waals surface area (Å²) < 4.78 is 10.4. The van der Waals surface area contributed by atoms with Crippen molar-refractivity contribution in [1.29, 1.82) is 0 Å². The van der Waals surface area contributed by atoms with Gasteiger partial charge in [-0.15, -0.1) is 0 Å². The summed E-state index contributed by atoms with van der Waals surface area (Å²) in [6, 6.07) is 5.21. The first-order valence-electron chi connectivity index (χ1n) is 4.99. The predicted octanol–water partition coefficient (Wildman–Crippen LogP) is 0.585. The Morgan fingerprint density at radius 1 is 1.50 bits per heavy atom. The fraction of sp³-hybridized carbons (Fsp3) is 0.364. The van der Waals surface area contributed by atoms with E-state index >= 15 is 0 Å². The van der Waals surface area contributed by atoms with E-state index in [1.54, 1.807) is 18.2 Å². The first-order chi connectivity index (χ1) is 7.66. The molecule has 5 heteroatoms. The number of carbonyl (C=O) groups excluding carboxylic acids is 1. The third-order valence-electron chi connectivity index (χ3n) is 2.33. The van der Waals surface area contributed by atoms with Gasteiger partial charge in [-0.3, -0.25) is 4.79 Å². The van der Waals surface area contributed by atoms with Gasteiger partial charge in [-0.25, -0.2) is 0 Å². The summed E-state index contributed by atoms with van der Waals surface area (Å²) in [6.45, 7) is 1.81. The fourth-order valence-corrected chi connectivity index (χ4v) is 1.48. The van der Waals surface area contributed by atoms with Gasteiger partial charge in [0.05, 0.1) is 6.10 Å². The number of fused-ring (bicyclic) bond motifs is 1. The number of hydrogen-bond acceptors (Lipinski definition) is 4. The second-order valence-electron chi connectivity index (χ2n) is 3.57. The molecular weight excluding hydrogens is 210 g/mol. The van der Waals surface area contributed by atoms with Crippen molar-refractivity contribution in [3.63, 3.8) is 0 Å². The van der Waals surface area contributed by atoms with Gasteiger partial charge >= 0.3 is 0 Å². The van der Waals surface area contributed by atoms with Crippen LogP contribution in [-0.2, 0) is 4.79 Å². The van der Waals surface area contributed by atoms with E-state index in [-0.39, 0.29) is 19.2 Å². The van der Waals surface area contributed by atoms with E-state index in [0.29, 0.717) is 17.1 Å². The summed E-state index contributed by atoms with van der Waals surface area (Å²) in [7, 11) is 0. The van der Waals surface area contributed by atoms with Gasteiger partial charge in [0, 0.05) is 13.5 Å². The zero-order valence-corrected chi connectivity index (χ0v) is 8.90. The second kappa shape index (κ2) is 4.40. The average Bonchev–Trinajstić information content (AvgIpc) is 2.72. The molecule has 2 rings (SSSR count). The van der Waals surface area contributed by atoms with Crippen molar-refractivity contribution >= 4 is 5.91 Å². The third-order valence-corrected chi connectivity index (χ3v) is 2.33. The van der Waals surface area contributed by atoms with Crippen LogP contribution >= 0.6 is 0 Å². The molecule has 0 spiro atoms. The number of carbonyl (C=O) groups is 1. The van der Waals surface area contributed by atoms with Crippen LogP contribution in [0.15, 0.2) is 18.2 Å². The molecule has 0 saturated carbocycles. The number of nitrogens with one attached hydrogen (secondary N) is 1. The summed E-state index contributed by atoms with van der Waals surface area (Å²) in [6.07, 6.45) is -0.738. The summed E-state index contributed by atoms with van der Waals surface area (Å²) >= 11 is 0. The molecule has 0 radical (unpaired) electrons.